The Morgan fingerprint density at radius 3 is 2.58 bits per heavy atom. The summed E-state index contributed by atoms with van der Waals surface area (Å²) in [6.07, 6.45) is 0. The predicted octanol–water partition coefficient (Wildman–Crippen LogP) is 4.11. The molecule has 0 aliphatic rings. The first-order valence-electron chi connectivity index (χ1n) is 7.65. The van der Waals surface area contributed by atoms with Gasteiger partial charge in [-0.15, -0.1) is 0 Å². The Hall–Kier alpha value is -2.59. The summed E-state index contributed by atoms with van der Waals surface area (Å²) in [5, 5.41) is 1.31. The van der Waals surface area contributed by atoms with Gasteiger partial charge in [0.05, 0.1) is 0 Å². The molecule has 0 N–H and O–H groups in total. The van der Waals surface area contributed by atoms with Gasteiger partial charge < -0.3 is 9.32 Å². The van der Waals surface area contributed by atoms with Gasteiger partial charge in [-0.05, 0) is 30.7 Å². The van der Waals surface area contributed by atoms with Crippen molar-refractivity contribution in [3.63, 3.8) is 0 Å². The van der Waals surface area contributed by atoms with Crippen molar-refractivity contribution < 1.29 is 9.21 Å². The minimum Gasteiger partial charge on any atom is -0.422 e. The van der Waals surface area contributed by atoms with Crippen molar-refractivity contribution in [3.8, 4) is 0 Å². The molecule has 0 bridgehead atoms. The monoisotopic (exact) mass is 341 g/mol. The van der Waals surface area contributed by atoms with E-state index in [0.717, 1.165) is 5.56 Å². The molecular formula is C19H16ClNO3. The zero-order valence-electron chi connectivity index (χ0n) is 13.2. The van der Waals surface area contributed by atoms with Gasteiger partial charge in [-0.1, -0.05) is 48.0 Å². The van der Waals surface area contributed by atoms with Crippen molar-refractivity contribution >= 4 is 28.5 Å². The predicted molar refractivity (Wildman–Crippen MR) is 94.4 cm³/mol. The van der Waals surface area contributed by atoms with Gasteiger partial charge in [0.1, 0.15) is 11.1 Å². The standard InChI is InChI=1S/C19H16ClNO3/c1-2-21(12-14-8-3-5-9-16(14)20)18(22)15-11-13-7-4-6-10-17(13)24-19(15)23/h3-11H,2,12H2,1H3. The molecule has 0 saturated heterocycles. The molecular weight excluding hydrogens is 326 g/mol. The maximum atomic E-state index is 12.8. The first-order chi connectivity index (χ1) is 11.6. The van der Waals surface area contributed by atoms with Crippen LogP contribution < -0.4 is 5.63 Å². The summed E-state index contributed by atoms with van der Waals surface area (Å²) in [6.45, 7) is 2.65. The Labute approximate surface area is 144 Å². The molecule has 1 heterocycles. The van der Waals surface area contributed by atoms with E-state index in [9.17, 15) is 9.59 Å². The SMILES string of the molecule is CCN(Cc1ccccc1Cl)C(=O)c1cc2ccccc2oc1=O. The fourth-order valence-corrected chi connectivity index (χ4v) is 2.74. The number of amides is 1. The molecule has 1 aromatic heterocycles. The third-order valence-corrected chi connectivity index (χ3v) is 4.23. The fraction of sp³-hybridized carbons (Fsp3) is 0.158. The Kier molecular flexibility index (Phi) is 4.67. The number of hydrogen-bond donors (Lipinski definition) is 0. The molecule has 24 heavy (non-hydrogen) atoms. The Bertz CT molecular complexity index is 948. The highest BCUT2D eigenvalue weighted by molar-refractivity contribution is 6.31. The van der Waals surface area contributed by atoms with Crippen LogP contribution in [0.15, 0.2) is 63.8 Å². The van der Waals surface area contributed by atoms with E-state index < -0.39 is 5.63 Å². The number of carbonyl (C=O) groups is 1. The minimum atomic E-state index is -0.628. The van der Waals surface area contributed by atoms with Crippen LogP contribution in [0, 0.1) is 0 Å². The van der Waals surface area contributed by atoms with Gasteiger partial charge in [-0.3, -0.25) is 4.79 Å². The van der Waals surface area contributed by atoms with Crippen LogP contribution in [0.25, 0.3) is 11.0 Å². The zero-order chi connectivity index (χ0) is 17.1. The normalized spacial score (nSPS) is 10.8. The lowest BCUT2D eigenvalue weighted by Gasteiger charge is -2.21. The average Bonchev–Trinajstić information content (AvgIpc) is 2.60. The number of rotatable bonds is 4. The van der Waals surface area contributed by atoms with Crippen molar-refractivity contribution in [2.45, 2.75) is 13.5 Å². The van der Waals surface area contributed by atoms with Gasteiger partial charge >= 0.3 is 5.63 Å². The van der Waals surface area contributed by atoms with Gasteiger partial charge in [0, 0.05) is 23.5 Å². The molecule has 0 radical (unpaired) electrons. The highest BCUT2D eigenvalue weighted by Crippen LogP contribution is 2.19. The van der Waals surface area contributed by atoms with Crippen molar-refractivity contribution in [1.29, 1.82) is 0 Å². The van der Waals surface area contributed by atoms with Gasteiger partial charge in [-0.25, -0.2) is 4.79 Å². The smallest absolute Gasteiger partial charge is 0.349 e. The van der Waals surface area contributed by atoms with E-state index in [4.69, 9.17) is 16.0 Å². The summed E-state index contributed by atoms with van der Waals surface area (Å²) in [6, 6.07) is 16.0. The summed E-state index contributed by atoms with van der Waals surface area (Å²) in [5.41, 5.74) is 0.701. The molecule has 0 aliphatic carbocycles. The van der Waals surface area contributed by atoms with Crippen LogP contribution in [0.2, 0.25) is 5.02 Å². The molecule has 1 amide bonds. The Morgan fingerprint density at radius 2 is 1.83 bits per heavy atom. The first-order valence-corrected chi connectivity index (χ1v) is 8.03. The molecule has 2 aromatic carbocycles. The van der Waals surface area contributed by atoms with Crippen molar-refractivity contribution in [2.24, 2.45) is 0 Å². The molecule has 0 atom stereocenters. The lowest BCUT2D eigenvalue weighted by molar-refractivity contribution is 0.0748. The third kappa shape index (κ3) is 3.19. The molecule has 5 heteroatoms. The first kappa shape index (κ1) is 16.3. The van der Waals surface area contributed by atoms with E-state index in [0.29, 0.717) is 29.1 Å². The summed E-state index contributed by atoms with van der Waals surface area (Å²) in [7, 11) is 0. The summed E-state index contributed by atoms with van der Waals surface area (Å²) in [4.78, 5) is 26.5. The lowest BCUT2D eigenvalue weighted by Crippen LogP contribution is -2.33. The van der Waals surface area contributed by atoms with Crippen LogP contribution >= 0.6 is 11.6 Å². The number of nitrogens with zero attached hydrogens (tertiary/aromatic N) is 1. The third-order valence-electron chi connectivity index (χ3n) is 3.86. The maximum absolute atomic E-state index is 12.8. The summed E-state index contributed by atoms with van der Waals surface area (Å²) in [5.74, 6) is -0.364. The fourth-order valence-electron chi connectivity index (χ4n) is 2.54. The van der Waals surface area contributed by atoms with Gasteiger partial charge in [0.2, 0.25) is 0 Å². The van der Waals surface area contributed by atoms with E-state index >= 15 is 0 Å². The van der Waals surface area contributed by atoms with E-state index in [1.165, 1.54) is 0 Å². The topological polar surface area (TPSA) is 50.5 Å². The van der Waals surface area contributed by atoms with Crippen LogP contribution in [-0.4, -0.2) is 17.4 Å². The molecule has 3 rings (SSSR count). The second-order valence-corrected chi connectivity index (χ2v) is 5.80. The highest BCUT2D eigenvalue weighted by atomic mass is 35.5. The zero-order valence-corrected chi connectivity index (χ0v) is 13.9. The molecule has 0 saturated carbocycles. The second kappa shape index (κ2) is 6.89. The van der Waals surface area contributed by atoms with E-state index in [-0.39, 0.29) is 11.5 Å². The quantitative estimate of drug-likeness (QED) is 0.671. The highest BCUT2D eigenvalue weighted by Gasteiger charge is 2.20. The molecule has 0 aliphatic heterocycles. The van der Waals surface area contributed by atoms with E-state index in [2.05, 4.69) is 0 Å². The number of fused-ring (bicyclic) bond motifs is 1. The Balaban J connectivity index is 1.96. The van der Waals surface area contributed by atoms with Crippen LogP contribution in [0.4, 0.5) is 0 Å². The van der Waals surface area contributed by atoms with E-state index in [1.807, 2.05) is 31.2 Å². The van der Waals surface area contributed by atoms with Crippen molar-refractivity contribution in [2.75, 3.05) is 6.54 Å². The molecule has 4 nitrogen and oxygen atoms in total. The average molecular weight is 342 g/mol. The van der Waals surface area contributed by atoms with E-state index in [1.54, 1.807) is 35.2 Å². The molecule has 0 spiro atoms. The number of hydrogen-bond acceptors (Lipinski definition) is 3. The second-order valence-electron chi connectivity index (χ2n) is 5.40. The van der Waals surface area contributed by atoms with Gasteiger partial charge in [-0.2, -0.15) is 0 Å². The number of halogens is 1. The van der Waals surface area contributed by atoms with Crippen molar-refractivity contribution in [3.05, 3.63) is 81.2 Å². The number of para-hydroxylation sites is 1. The summed E-state index contributed by atoms with van der Waals surface area (Å²) >= 11 is 6.17. The number of carbonyl (C=O) groups excluding carboxylic acids is 1. The number of benzene rings is 2. The van der Waals surface area contributed by atoms with Crippen LogP contribution in [0.3, 0.4) is 0 Å². The van der Waals surface area contributed by atoms with Crippen LogP contribution in [0.5, 0.6) is 0 Å². The Morgan fingerprint density at radius 1 is 1.12 bits per heavy atom. The van der Waals surface area contributed by atoms with Crippen LogP contribution in [-0.2, 0) is 6.54 Å². The van der Waals surface area contributed by atoms with Gasteiger partial charge in [0.15, 0.2) is 0 Å². The lowest BCUT2D eigenvalue weighted by atomic mass is 10.1. The largest absolute Gasteiger partial charge is 0.422 e. The van der Waals surface area contributed by atoms with Crippen molar-refractivity contribution in [1.82, 2.24) is 4.90 Å². The maximum Gasteiger partial charge on any atom is 0.349 e. The van der Waals surface area contributed by atoms with Crippen LogP contribution in [0.1, 0.15) is 22.8 Å². The molecule has 0 fully saturated rings. The molecule has 122 valence electrons. The molecule has 3 aromatic rings. The summed E-state index contributed by atoms with van der Waals surface area (Å²) < 4.78 is 5.25. The van der Waals surface area contributed by atoms with Gasteiger partial charge in [0.25, 0.3) is 5.91 Å². The molecule has 0 unspecified atom stereocenters. The minimum absolute atomic E-state index is 0.0302.